The van der Waals surface area contributed by atoms with E-state index in [4.69, 9.17) is 9.47 Å². The van der Waals surface area contributed by atoms with Crippen LogP contribution in [0, 0.1) is 23.4 Å². The quantitative estimate of drug-likeness (QED) is 0.323. The lowest BCUT2D eigenvalue weighted by atomic mass is 9.78. The van der Waals surface area contributed by atoms with Crippen molar-refractivity contribution in [2.75, 3.05) is 13.7 Å². The predicted octanol–water partition coefficient (Wildman–Crippen LogP) is 8.30. The van der Waals surface area contributed by atoms with Gasteiger partial charge in [-0.1, -0.05) is 48.6 Å². The standard InChI is InChI=1S/C30H31F3O2/c1-3-35-19-24-11-8-21(18-28(24)31)5-4-20-6-9-22(10-7-20)26-16-17-27(30(33)29(26)32)23-12-14-25(34-2)15-13-23/h4-5,8,11-18,20,22H,3,6-7,9-10,19H2,1-2H3/b5-4+. The third kappa shape index (κ3) is 5.96. The van der Waals surface area contributed by atoms with Crippen LogP contribution >= 0.6 is 0 Å². The molecule has 0 spiro atoms. The van der Waals surface area contributed by atoms with Gasteiger partial charge < -0.3 is 9.47 Å². The molecule has 0 unspecified atom stereocenters. The number of benzene rings is 3. The first kappa shape index (κ1) is 25.1. The molecule has 0 amide bonds. The summed E-state index contributed by atoms with van der Waals surface area (Å²) in [6.45, 7) is 2.70. The first-order valence-corrected chi connectivity index (χ1v) is 12.2. The summed E-state index contributed by atoms with van der Waals surface area (Å²) < 4.78 is 54.6. The van der Waals surface area contributed by atoms with Crippen molar-refractivity contribution in [1.29, 1.82) is 0 Å². The fourth-order valence-electron chi connectivity index (χ4n) is 4.74. The third-order valence-electron chi connectivity index (χ3n) is 6.82. The second-order valence-electron chi connectivity index (χ2n) is 9.02. The molecule has 1 fully saturated rings. The fourth-order valence-corrected chi connectivity index (χ4v) is 4.74. The van der Waals surface area contributed by atoms with Crippen LogP contribution in [0.3, 0.4) is 0 Å². The van der Waals surface area contributed by atoms with E-state index in [2.05, 4.69) is 6.08 Å². The zero-order valence-electron chi connectivity index (χ0n) is 20.2. The van der Waals surface area contributed by atoms with Crippen molar-refractivity contribution < 1.29 is 22.6 Å². The van der Waals surface area contributed by atoms with Crippen molar-refractivity contribution in [3.05, 3.63) is 94.8 Å². The predicted molar refractivity (Wildman–Crippen MR) is 134 cm³/mol. The van der Waals surface area contributed by atoms with Gasteiger partial charge >= 0.3 is 0 Å². The van der Waals surface area contributed by atoms with Gasteiger partial charge in [0.15, 0.2) is 11.6 Å². The molecule has 0 N–H and O–H groups in total. The van der Waals surface area contributed by atoms with E-state index in [1.165, 1.54) is 6.07 Å². The maximum absolute atomic E-state index is 15.0. The Balaban J connectivity index is 1.38. The fraction of sp³-hybridized carbons (Fsp3) is 0.333. The minimum Gasteiger partial charge on any atom is -0.497 e. The Morgan fingerprint density at radius 1 is 0.886 bits per heavy atom. The van der Waals surface area contributed by atoms with E-state index >= 15 is 4.39 Å². The average molecular weight is 481 g/mol. The van der Waals surface area contributed by atoms with E-state index in [-0.39, 0.29) is 23.9 Å². The summed E-state index contributed by atoms with van der Waals surface area (Å²) >= 11 is 0. The lowest BCUT2D eigenvalue weighted by Gasteiger charge is -2.27. The van der Waals surface area contributed by atoms with Gasteiger partial charge in [-0.25, -0.2) is 13.2 Å². The number of halogens is 3. The van der Waals surface area contributed by atoms with E-state index in [1.807, 2.05) is 19.1 Å². The second-order valence-corrected chi connectivity index (χ2v) is 9.02. The first-order valence-electron chi connectivity index (χ1n) is 12.2. The highest BCUT2D eigenvalue weighted by atomic mass is 19.2. The Labute approximate surface area is 205 Å². The normalized spacial score (nSPS) is 18.2. The Bertz CT molecular complexity index is 1160. The summed E-state index contributed by atoms with van der Waals surface area (Å²) in [4.78, 5) is 0. The van der Waals surface area contributed by atoms with Crippen molar-refractivity contribution in [3.8, 4) is 16.9 Å². The molecule has 2 nitrogen and oxygen atoms in total. The van der Waals surface area contributed by atoms with Gasteiger partial charge in [0.25, 0.3) is 0 Å². The molecular formula is C30H31F3O2. The molecule has 3 aromatic carbocycles. The largest absolute Gasteiger partial charge is 0.497 e. The molecule has 0 aliphatic heterocycles. The molecule has 0 heterocycles. The smallest absolute Gasteiger partial charge is 0.166 e. The van der Waals surface area contributed by atoms with E-state index in [0.29, 0.717) is 35.0 Å². The van der Waals surface area contributed by atoms with E-state index in [9.17, 15) is 8.78 Å². The molecule has 184 valence electrons. The van der Waals surface area contributed by atoms with Crippen LogP contribution in [0.15, 0.2) is 60.7 Å². The van der Waals surface area contributed by atoms with Crippen LogP contribution in [0.4, 0.5) is 13.2 Å². The summed E-state index contributed by atoms with van der Waals surface area (Å²) in [6.07, 6.45) is 7.39. The molecule has 0 aromatic heterocycles. The van der Waals surface area contributed by atoms with Crippen LogP contribution in [0.2, 0.25) is 0 Å². The Kier molecular flexibility index (Phi) is 8.29. The van der Waals surface area contributed by atoms with Gasteiger partial charge in [-0.05, 0) is 79.3 Å². The van der Waals surface area contributed by atoms with E-state index in [1.54, 1.807) is 49.6 Å². The SMILES string of the molecule is CCOCc1ccc(/C=C/C2CCC(c3ccc(-c4ccc(OC)cc4)c(F)c3F)CC2)cc1F. The summed E-state index contributed by atoms with van der Waals surface area (Å²) in [6, 6.07) is 15.5. The highest BCUT2D eigenvalue weighted by Gasteiger charge is 2.25. The minimum atomic E-state index is -0.801. The molecule has 35 heavy (non-hydrogen) atoms. The van der Waals surface area contributed by atoms with Gasteiger partial charge in [0.05, 0.1) is 13.7 Å². The molecule has 1 saturated carbocycles. The van der Waals surface area contributed by atoms with Gasteiger partial charge in [-0.3, -0.25) is 0 Å². The van der Waals surface area contributed by atoms with Gasteiger partial charge in [-0.2, -0.15) is 0 Å². The van der Waals surface area contributed by atoms with Gasteiger partial charge in [0.2, 0.25) is 0 Å². The van der Waals surface area contributed by atoms with Crippen molar-refractivity contribution in [2.24, 2.45) is 5.92 Å². The Morgan fingerprint density at radius 3 is 2.29 bits per heavy atom. The molecule has 5 heteroatoms. The lowest BCUT2D eigenvalue weighted by molar-refractivity contribution is 0.131. The summed E-state index contributed by atoms with van der Waals surface area (Å²) in [5, 5.41) is 0. The summed E-state index contributed by atoms with van der Waals surface area (Å²) in [5.41, 5.74) is 2.69. The molecule has 1 aliphatic carbocycles. The number of methoxy groups -OCH3 is 1. The van der Waals surface area contributed by atoms with E-state index < -0.39 is 11.6 Å². The first-order chi connectivity index (χ1) is 17.0. The third-order valence-corrected chi connectivity index (χ3v) is 6.82. The molecule has 0 radical (unpaired) electrons. The van der Waals surface area contributed by atoms with Crippen molar-refractivity contribution in [3.63, 3.8) is 0 Å². The van der Waals surface area contributed by atoms with Crippen LogP contribution in [0.1, 0.15) is 55.2 Å². The van der Waals surface area contributed by atoms with Crippen LogP contribution in [-0.2, 0) is 11.3 Å². The zero-order chi connectivity index (χ0) is 24.8. The number of ether oxygens (including phenoxy) is 2. The Hall–Kier alpha value is -3.05. The molecule has 0 saturated heterocycles. The zero-order valence-corrected chi connectivity index (χ0v) is 20.2. The molecule has 3 aromatic rings. The average Bonchev–Trinajstić information content (AvgIpc) is 2.89. The van der Waals surface area contributed by atoms with Crippen LogP contribution in [0.5, 0.6) is 5.75 Å². The molecule has 0 atom stereocenters. The van der Waals surface area contributed by atoms with Crippen LogP contribution in [0.25, 0.3) is 17.2 Å². The highest BCUT2D eigenvalue weighted by molar-refractivity contribution is 5.65. The summed E-state index contributed by atoms with van der Waals surface area (Å²) in [5.74, 6) is -0.816. The number of rotatable bonds is 8. The topological polar surface area (TPSA) is 18.5 Å². The second kappa shape index (κ2) is 11.6. The summed E-state index contributed by atoms with van der Waals surface area (Å²) in [7, 11) is 1.57. The number of hydrogen-bond donors (Lipinski definition) is 0. The maximum atomic E-state index is 15.0. The molecule has 0 bridgehead atoms. The van der Waals surface area contributed by atoms with Crippen molar-refractivity contribution >= 4 is 6.08 Å². The Morgan fingerprint density at radius 2 is 1.63 bits per heavy atom. The molecular weight excluding hydrogens is 449 g/mol. The molecule has 1 aliphatic rings. The van der Waals surface area contributed by atoms with Crippen LogP contribution < -0.4 is 4.74 Å². The number of allylic oxidation sites excluding steroid dienone is 1. The van der Waals surface area contributed by atoms with Crippen molar-refractivity contribution in [2.45, 2.75) is 45.1 Å². The van der Waals surface area contributed by atoms with Crippen LogP contribution in [-0.4, -0.2) is 13.7 Å². The maximum Gasteiger partial charge on any atom is 0.166 e. The van der Waals surface area contributed by atoms with Gasteiger partial charge in [-0.15, -0.1) is 0 Å². The van der Waals surface area contributed by atoms with Gasteiger partial charge in [0, 0.05) is 17.7 Å². The monoisotopic (exact) mass is 480 g/mol. The van der Waals surface area contributed by atoms with Gasteiger partial charge in [0.1, 0.15) is 11.6 Å². The number of hydrogen-bond acceptors (Lipinski definition) is 2. The molecule has 4 rings (SSSR count). The van der Waals surface area contributed by atoms with E-state index in [0.717, 1.165) is 31.2 Å². The van der Waals surface area contributed by atoms with Crippen molar-refractivity contribution in [1.82, 2.24) is 0 Å². The minimum absolute atomic E-state index is 0.00522. The highest BCUT2D eigenvalue weighted by Crippen LogP contribution is 2.39. The lowest BCUT2D eigenvalue weighted by Crippen LogP contribution is -2.13.